The Labute approximate surface area is 439 Å². The van der Waals surface area contributed by atoms with Crippen LogP contribution in [-0.2, 0) is 52.3 Å². The lowest BCUT2D eigenvalue weighted by Crippen LogP contribution is -2.70. The van der Waals surface area contributed by atoms with Crippen molar-refractivity contribution in [2.75, 3.05) is 13.2 Å². The molecular formula is C52H80O24. The van der Waals surface area contributed by atoms with Gasteiger partial charge in [-0.15, -0.1) is 0 Å². The van der Waals surface area contributed by atoms with Crippen molar-refractivity contribution in [3.05, 3.63) is 11.6 Å². The van der Waals surface area contributed by atoms with Crippen molar-refractivity contribution in [1.82, 2.24) is 0 Å². The van der Waals surface area contributed by atoms with Gasteiger partial charge in [-0.25, -0.2) is 4.79 Å². The minimum absolute atomic E-state index is 0.0602. The van der Waals surface area contributed by atoms with E-state index in [0.29, 0.717) is 51.4 Å². The fraction of sp³-hybridized carbons (Fsp3) is 0.904. The Morgan fingerprint density at radius 1 is 0.618 bits per heavy atom. The second-order valence-corrected chi connectivity index (χ2v) is 25.2. The van der Waals surface area contributed by atoms with Crippen LogP contribution in [0.1, 0.15) is 106 Å². The molecule has 4 saturated carbocycles. The molecular weight excluding hydrogens is 1010 g/mol. The summed E-state index contributed by atoms with van der Waals surface area (Å²) in [6.07, 6.45) is -26.2. The van der Waals surface area contributed by atoms with Gasteiger partial charge in [0.15, 0.2) is 31.1 Å². The maximum absolute atomic E-state index is 15.3. The number of fused-ring (bicyclic) bond motifs is 7. The van der Waals surface area contributed by atoms with Gasteiger partial charge in [0, 0.05) is 0 Å². The Hall–Kier alpha value is -2.57. The Balaban J connectivity index is 0.957. The van der Waals surface area contributed by atoms with E-state index in [-0.39, 0.29) is 23.7 Å². The molecule has 4 saturated heterocycles. The number of carbonyl (C=O) groups excluding carboxylic acids is 1. The molecule has 5 aliphatic carbocycles. The number of aliphatic hydroxyl groups is 11. The van der Waals surface area contributed by atoms with Crippen LogP contribution < -0.4 is 0 Å². The molecule has 4 heterocycles. The molecule has 0 spiro atoms. The van der Waals surface area contributed by atoms with Gasteiger partial charge >= 0.3 is 17.9 Å². The van der Waals surface area contributed by atoms with Crippen LogP contribution in [0.2, 0.25) is 0 Å². The molecule has 4 aliphatic heterocycles. The van der Waals surface area contributed by atoms with Gasteiger partial charge in [-0.3, -0.25) is 9.59 Å². The van der Waals surface area contributed by atoms with Crippen molar-refractivity contribution < 1.29 is 119 Å². The molecule has 0 amide bonds. The highest BCUT2D eigenvalue weighted by molar-refractivity contribution is 5.79. The first-order valence-corrected chi connectivity index (χ1v) is 26.8. The molecule has 9 aliphatic rings. The van der Waals surface area contributed by atoms with Crippen LogP contribution in [0.4, 0.5) is 0 Å². The smallest absolute Gasteiger partial charge is 0.335 e. The summed E-state index contributed by atoms with van der Waals surface area (Å²) in [7, 11) is 0. The minimum Gasteiger partial charge on any atom is -0.481 e. The normalized spacial score (nSPS) is 53.8. The number of ether oxygens (including phenoxy) is 8. The highest BCUT2D eigenvalue weighted by Crippen LogP contribution is 2.76. The Morgan fingerprint density at radius 2 is 1.20 bits per heavy atom. The van der Waals surface area contributed by atoms with Crippen molar-refractivity contribution >= 4 is 17.9 Å². The van der Waals surface area contributed by atoms with Crippen molar-refractivity contribution in [2.45, 2.75) is 229 Å². The second kappa shape index (κ2) is 20.4. The van der Waals surface area contributed by atoms with Gasteiger partial charge in [0.25, 0.3) is 0 Å². The number of hydrogen-bond acceptors (Lipinski definition) is 22. The third kappa shape index (κ3) is 8.91. The summed E-state index contributed by atoms with van der Waals surface area (Å²) in [5.74, 6) is -4.74. The van der Waals surface area contributed by atoms with E-state index in [1.54, 1.807) is 0 Å². The standard InChI is InChI=1S/C52H80O24/c1-20-36(72-42-33(61)28(56)24(18-53)70-42)32(60)35(63)41(69-20)74-38-29(57)25(19-54)71-44(38)76-46(68)52-14-12-47(2,3)16-22(52)21-8-9-26-48(4)17-23(55)39(75-43-34(62)30(58)31(59)37(73-43)40(64)65)51(7,45(66)67)27(48)10-11-50(26,6)49(21,5)13-15-52/h8,20,22-39,41-44,53-63H,9-19H2,1-7H3,(H,64,65)(H,66,67)/t20-,22-,23-,24+,25+,26+,27+,28-,29+,30-,31-,32-,33+,34+,35+,36-,37-,38-,39-,41-,42-,43-,44+,48+,49+,50+,51-,52-/m0/s1. The molecule has 24 nitrogen and oxygen atoms in total. The van der Waals surface area contributed by atoms with Crippen molar-refractivity contribution in [2.24, 2.45) is 50.2 Å². The molecule has 0 bridgehead atoms. The highest BCUT2D eigenvalue weighted by Gasteiger charge is 2.73. The molecule has 76 heavy (non-hydrogen) atoms. The summed E-state index contributed by atoms with van der Waals surface area (Å²) in [6.45, 7) is 12.3. The van der Waals surface area contributed by atoms with Crippen LogP contribution in [0.5, 0.6) is 0 Å². The van der Waals surface area contributed by atoms with E-state index in [2.05, 4.69) is 33.8 Å². The van der Waals surface area contributed by atoms with Crippen molar-refractivity contribution in [1.29, 1.82) is 0 Å². The lowest BCUT2D eigenvalue weighted by Gasteiger charge is -2.71. The number of allylic oxidation sites excluding steroid dienone is 2. The fourth-order valence-corrected chi connectivity index (χ4v) is 16.1. The van der Waals surface area contributed by atoms with Gasteiger partial charge in [-0.05, 0) is 111 Å². The topological polar surface area (TPSA) is 388 Å². The number of carboxylic acid groups (broad SMARTS) is 2. The second-order valence-electron chi connectivity index (χ2n) is 25.2. The molecule has 0 aromatic heterocycles. The molecule has 0 unspecified atom stereocenters. The number of rotatable bonds is 12. The van der Waals surface area contributed by atoms with E-state index >= 15 is 4.79 Å². The van der Waals surface area contributed by atoms with E-state index in [9.17, 15) is 76.0 Å². The summed E-state index contributed by atoms with van der Waals surface area (Å²) in [6, 6.07) is 0. The van der Waals surface area contributed by atoms with Crippen LogP contribution in [0.3, 0.4) is 0 Å². The predicted octanol–water partition coefficient (Wildman–Crippen LogP) is -1.60. The Morgan fingerprint density at radius 3 is 1.83 bits per heavy atom. The summed E-state index contributed by atoms with van der Waals surface area (Å²) >= 11 is 0. The predicted molar refractivity (Wildman–Crippen MR) is 253 cm³/mol. The average molecular weight is 1090 g/mol. The first-order chi connectivity index (χ1) is 35.5. The van der Waals surface area contributed by atoms with E-state index in [4.69, 9.17) is 37.9 Å². The summed E-state index contributed by atoms with van der Waals surface area (Å²) in [5.41, 5.74) is -4.00. The number of aliphatic carboxylic acids is 2. The molecule has 9 rings (SSSR count). The monoisotopic (exact) mass is 1090 g/mol. The lowest BCUT2D eigenvalue weighted by molar-refractivity contribution is -0.340. The maximum Gasteiger partial charge on any atom is 0.335 e. The molecule has 0 aromatic rings. The lowest BCUT2D eigenvalue weighted by atomic mass is 9.33. The molecule has 8 fully saturated rings. The number of carboxylic acids is 2. The molecule has 0 radical (unpaired) electrons. The minimum atomic E-state index is -2.01. The maximum atomic E-state index is 15.3. The van der Waals surface area contributed by atoms with Crippen molar-refractivity contribution in [3.63, 3.8) is 0 Å². The third-order valence-corrected chi connectivity index (χ3v) is 20.7. The zero-order valence-electron chi connectivity index (χ0n) is 43.9. The van der Waals surface area contributed by atoms with Crippen LogP contribution in [0, 0.1) is 50.2 Å². The number of aliphatic hydroxyl groups excluding tert-OH is 11. The Kier molecular flexibility index (Phi) is 15.6. The number of esters is 1. The number of hydrogen-bond donors (Lipinski definition) is 13. The van der Waals surface area contributed by atoms with Crippen LogP contribution in [0.25, 0.3) is 0 Å². The van der Waals surface area contributed by atoms with E-state index in [1.165, 1.54) is 13.8 Å². The zero-order chi connectivity index (χ0) is 55.7. The van der Waals surface area contributed by atoms with Gasteiger partial charge < -0.3 is 104 Å². The summed E-state index contributed by atoms with van der Waals surface area (Å²) < 4.78 is 46.9. The fourth-order valence-electron chi connectivity index (χ4n) is 16.1. The molecule has 0 aromatic carbocycles. The van der Waals surface area contributed by atoms with Crippen LogP contribution in [0.15, 0.2) is 11.6 Å². The average Bonchev–Trinajstić information content (AvgIpc) is 3.80. The quantitative estimate of drug-likeness (QED) is 0.0594. The van der Waals surface area contributed by atoms with Gasteiger partial charge in [0.05, 0.1) is 36.3 Å². The highest BCUT2D eigenvalue weighted by atomic mass is 16.8. The van der Waals surface area contributed by atoms with Crippen LogP contribution in [-0.4, -0.2) is 220 Å². The number of carbonyl (C=O) groups is 3. The Bertz CT molecular complexity index is 2220. The first kappa shape index (κ1) is 58.1. The largest absolute Gasteiger partial charge is 0.481 e. The molecule has 24 heteroatoms. The van der Waals surface area contributed by atoms with E-state index < -0.39 is 187 Å². The SMILES string of the molecule is C[C@@H]1O[C@@H](O[C@@H]2[C@@H](OC(=O)[C@]34CCC(C)(C)C[C@H]3C3=CC[C@@H]5[C@@]6(C)C[C@H](O)[C@H](O[C@@H]7O[C@H](C(=O)O)[C@@H](O)[C@H](O)[C@H]7O)[C@@](C)(C(=O)O)[C@@H]6CC[C@@]5(C)[C@]3(C)CC4)O[C@H](CO)[C@H]2O)[C@H](O)[C@H](O)[C@H]1O[C@@H]1O[C@H](CO)[C@H](O)[C@H]1O. The third-order valence-electron chi connectivity index (χ3n) is 20.7. The van der Waals surface area contributed by atoms with Crippen LogP contribution >= 0.6 is 0 Å². The summed E-state index contributed by atoms with van der Waals surface area (Å²) in [4.78, 5) is 40.9. The molecule has 28 atom stereocenters. The van der Waals surface area contributed by atoms with E-state index in [1.807, 2.05) is 6.92 Å². The summed E-state index contributed by atoms with van der Waals surface area (Å²) in [5, 5.41) is 139. The van der Waals surface area contributed by atoms with Gasteiger partial charge in [0.2, 0.25) is 6.29 Å². The van der Waals surface area contributed by atoms with E-state index in [0.717, 1.165) is 5.57 Å². The first-order valence-electron chi connectivity index (χ1n) is 26.8. The molecule has 432 valence electrons. The van der Waals surface area contributed by atoms with Crippen molar-refractivity contribution in [3.8, 4) is 0 Å². The van der Waals surface area contributed by atoms with Gasteiger partial charge in [-0.1, -0.05) is 46.3 Å². The van der Waals surface area contributed by atoms with Gasteiger partial charge in [-0.2, -0.15) is 0 Å². The zero-order valence-corrected chi connectivity index (χ0v) is 43.9. The molecule has 13 N–H and O–H groups in total. The van der Waals surface area contributed by atoms with Gasteiger partial charge in [0.1, 0.15) is 73.2 Å².